The van der Waals surface area contributed by atoms with Crippen molar-refractivity contribution in [1.82, 2.24) is 0 Å². The maximum absolute atomic E-state index is 5.99. The first-order valence-electron chi connectivity index (χ1n) is 5.96. The molecule has 0 heterocycles. The van der Waals surface area contributed by atoms with Gasteiger partial charge >= 0.3 is 0 Å². The van der Waals surface area contributed by atoms with Crippen molar-refractivity contribution in [2.24, 2.45) is 0 Å². The van der Waals surface area contributed by atoms with Crippen molar-refractivity contribution < 1.29 is 0 Å². The molecule has 2 aromatic carbocycles. The summed E-state index contributed by atoms with van der Waals surface area (Å²) in [5, 5.41) is 4.23. The average Bonchev–Trinajstić information content (AvgIpc) is 2.78. The zero-order chi connectivity index (χ0) is 11.7. The molecule has 1 nitrogen and oxygen atoms in total. The molecule has 0 spiro atoms. The normalized spacial score (nSPS) is 13.5. The number of fused-ring (bicyclic) bond motifs is 1. The van der Waals surface area contributed by atoms with E-state index in [0.29, 0.717) is 0 Å². The third kappa shape index (κ3) is 2.16. The third-order valence-electron chi connectivity index (χ3n) is 3.25. The number of aryl methyl sites for hydroxylation is 1. The smallest absolute Gasteiger partial charge is 0.0426 e. The average molecular weight is 244 g/mol. The van der Waals surface area contributed by atoms with Crippen LogP contribution in [0.25, 0.3) is 0 Å². The molecule has 2 aromatic rings. The molecule has 0 radical (unpaired) electrons. The fraction of sp³-hybridized carbons (Fsp3) is 0.200. The van der Waals surface area contributed by atoms with E-state index in [0.717, 1.165) is 10.7 Å². The number of hydrogen-bond acceptors (Lipinski definition) is 1. The first kappa shape index (κ1) is 10.7. The molecule has 0 aromatic heterocycles. The second-order valence-corrected chi connectivity index (χ2v) is 4.87. The van der Waals surface area contributed by atoms with E-state index in [4.69, 9.17) is 11.6 Å². The Hall–Kier alpha value is -1.47. The Kier molecular flexibility index (Phi) is 2.77. The molecule has 0 amide bonds. The van der Waals surface area contributed by atoms with Gasteiger partial charge in [0, 0.05) is 16.4 Å². The Balaban J connectivity index is 1.93. The Bertz CT molecular complexity index is 548. The van der Waals surface area contributed by atoms with E-state index < -0.39 is 0 Å². The second-order valence-electron chi connectivity index (χ2n) is 4.43. The molecule has 2 heteroatoms. The summed E-state index contributed by atoms with van der Waals surface area (Å²) in [5.41, 5.74) is 5.23. The van der Waals surface area contributed by atoms with Gasteiger partial charge in [0.2, 0.25) is 0 Å². The summed E-state index contributed by atoms with van der Waals surface area (Å²) >= 11 is 5.99. The minimum Gasteiger partial charge on any atom is -0.355 e. The van der Waals surface area contributed by atoms with Crippen molar-refractivity contribution in [3.05, 3.63) is 58.6 Å². The van der Waals surface area contributed by atoms with Gasteiger partial charge < -0.3 is 5.32 Å². The first-order chi connectivity index (χ1) is 8.33. The molecule has 0 unspecified atom stereocenters. The van der Waals surface area contributed by atoms with Gasteiger partial charge in [-0.3, -0.25) is 0 Å². The van der Waals surface area contributed by atoms with Gasteiger partial charge in [-0.1, -0.05) is 29.8 Å². The van der Waals surface area contributed by atoms with Gasteiger partial charge in [0.15, 0.2) is 0 Å². The largest absolute Gasteiger partial charge is 0.355 e. The minimum absolute atomic E-state index is 0.766. The lowest BCUT2D eigenvalue weighted by atomic mass is 10.1. The second kappa shape index (κ2) is 4.42. The summed E-state index contributed by atoms with van der Waals surface area (Å²) in [6, 6.07) is 14.3. The van der Waals surface area contributed by atoms with Crippen LogP contribution in [0.5, 0.6) is 0 Å². The number of nitrogens with one attached hydrogen (secondary N) is 1. The highest BCUT2D eigenvalue weighted by Gasteiger charge is 2.14. The Labute approximate surface area is 106 Å². The van der Waals surface area contributed by atoms with E-state index in [1.54, 1.807) is 0 Å². The van der Waals surface area contributed by atoms with Crippen LogP contribution in [0, 0.1) is 0 Å². The van der Waals surface area contributed by atoms with Crippen LogP contribution in [-0.2, 0) is 12.8 Å². The van der Waals surface area contributed by atoms with Crippen LogP contribution in [0.3, 0.4) is 0 Å². The van der Waals surface area contributed by atoms with Gasteiger partial charge in [-0.05, 0) is 54.7 Å². The van der Waals surface area contributed by atoms with Crippen molar-refractivity contribution in [2.45, 2.75) is 19.3 Å². The van der Waals surface area contributed by atoms with E-state index in [2.05, 4.69) is 23.5 Å². The molecule has 0 atom stereocenters. The SMILES string of the molecule is Clc1cccc(Nc2cccc3c2CCC3)c1. The van der Waals surface area contributed by atoms with E-state index >= 15 is 0 Å². The maximum Gasteiger partial charge on any atom is 0.0426 e. The zero-order valence-corrected chi connectivity index (χ0v) is 10.3. The highest BCUT2D eigenvalue weighted by atomic mass is 35.5. The number of benzene rings is 2. The van der Waals surface area contributed by atoms with Crippen LogP contribution in [0.15, 0.2) is 42.5 Å². The predicted molar refractivity (Wildman–Crippen MR) is 73.2 cm³/mol. The number of hydrogen-bond donors (Lipinski definition) is 1. The van der Waals surface area contributed by atoms with Gasteiger partial charge in [-0.15, -0.1) is 0 Å². The molecule has 1 aliphatic rings. The number of rotatable bonds is 2. The summed E-state index contributed by atoms with van der Waals surface area (Å²) in [6.45, 7) is 0. The molecule has 0 saturated heterocycles. The first-order valence-corrected chi connectivity index (χ1v) is 6.34. The lowest BCUT2D eigenvalue weighted by Crippen LogP contribution is -1.95. The molecule has 1 N–H and O–H groups in total. The van der Waals surface area contributed by atoms with E-state index in [1.165, 1.54) is 36.1 Å². The van der Waals surface area contributed by atoms with Crippen LogP contribution in [-0.4, -0.2) is 0 Å². The van der Waals surface area contributed by atoms with Crippen molar-refractivity contribution >= 4 is 23.0 Å². The molecule has 86 valence electrons. The van der Waals surface area contributed by atoms with Crippen LogP contribution in [0.2, 0.25) is 5.02 Å². The van der Waals surface area contributed by atoms with Gasteiger partial charge in [0.25, 0.3) is 0 Å². The van der Waals surface area contributed by atoms with E-state index in [-0.39, 0.29) is 0 Å². The lowest BCUT2D eigenvalue weighted by Gasteiger charge is -2.11. The predicted octanol–water partition coefficient (Wildman–Crippen LogP) is 4.57. The molecule has 1 aliphatic carbocycles. The van der Waals surface area contributed by atoms with Gasteiger partial charge in [-0.2, -0.15) is 0 Å². The van der Waals surface area contributed by atoms with Gasteiger partial charge in [0.05, 0.1) is 0 Å². The molecular formula is C15H14ClN. The van der Waals surface area contributed by atoms with Gasteiger partial charge in [-0.25, -0.2) is 0 Å². The summed E-state index contributed by atoms with van der Waals surface area (Å²) in [5.74, 6) is 0. The molecular weight excluding hydrogens is 230 g/mol. The minimum atomic E-state index is 0.766. The fourth-order valence-corrected chi connectivity index (χ4v) is 2.65. The van der Waals surface area contributed by atoms with Crippen molar-refractivity contribution in [3.63, 3.8) is 0 Å². The third-order valence-corrected chi connectivity index (χ3v) is 3.48. The van der Waals surface area contributed by atoms with Crippen molar-refractivity contribution in [3.8, 4) is 0 Å². The number of halogens is 1. The van der Waals surface area contributed by atoms with Crippen molar-refractivity contribution in [1.29, 1.82) is 0 Å². The van der Waals surface area contributed by atoms with Crippen LogP contribution < -0.4 is 5.32 Å². The Morgan fingerprint density at radius 3 is 2.76 bits per heavy atom. The molecule has 0 aliphatic heterocycles. The van der Waals surface area contributed by atoms with Crippen molar-refractivity contribution in [2.75, 3.05) is 5.32 Å². The Morgan fingerprint density at radius 2 is 1.88 bits per heavy atom. The van der Waals surface area contributed by atoms with E-state index in [9.17, 15) is 0 Å². The molecule has 17 heavy (non-hydrogen) atoms. The van der Waals surface area contributed by atoms with Crippen LogP contribution in [0.4, 0.5) is 11.4 Å². The molecule has 3 rings (SSSR count). The van der Waals surface area contributed by atoms with Crippen LogP contribution in [0.1, 0.15) is 17.5 Å². The summed E-state index contributed by atoms with van der Waals surface area (Å²) in [6.07, 6.45) is 3.66. The Morgan fingerprint density at radius 1 is 1.00 bits per heavy atom. The molecule has 0 bridgehead atoms. The summed E-state index contributed by atoms with van der Waals surface area (Å²) in [4.78, 5) is 0. The van der Waals surface area contributed by atoms with E-state index in [1.807, 2.05) is 24.3 Å². The summed E-state index contributed by atoms with van der Waals surface area (Å²) in [7, 11) is 0. The monoisotopic (exact) mass is 243 g/mol. The summed E-state index contributed by atoms with van der Waals surface area (Å²) < 4.78 is 0. The topological polar surface area (TPSA) is 12.0 Å². The fourth-order valence-electron chi connectivity index (χ4n) is 2.46. The quantitative estimate of drug-likeness (QED) is 0.815. The standard InChI is InChI=1S/C15H14ClN/c16-12-6-3-7-13(10-12)17-15-9-2-5-11-4-1-8-14(11)15/h2-3,5-7,9-10,17H,1,4,8H2. The highest BCUT2D eigenvalue weighted by molar-refractivity contribution is 6.30. The lowest BCUT2D eigenvalue weighted by molar-refractivity contribution is 0.912. The zero-order valence-electron chi connectivity index (χ0n) is 9.54. The van der Waals surface area contributed by atoms with Crippen LogP contribution >= 0.6 is 11.6 Å². The van der Waals surface area contributed by atoms with Gasteiger partial charge in [0.1, 0.15) is 0 Å². The maximum atomic E-state index is 5.99. The molecule has 0 fully saturated rings. The number of anilines is 2. The molecule has 0 saturated carbocycles. The highest BCUT2D eigenvalue weighted by Crippen LogP contribution is 2.31.